The number of benzene rings is 9. The minimum Gasteiger partial charge on any atom is -0.307 e. The van der Waals surface area contributed by atoms with Crippen LogP contribution in [-0.2, 0) is 0 Å². The third-order valence-corrected chi connectivity index (χ3v) is 12.8. The molecule has 0 bridgehead atoms. The van der Waals surface area contributed by atoms with Crippen LogP contribution in [0.2, 0.25) is 0 Å². The summed E-state index contributed by atoms with van der Waals surface area (Å²) in [7, 11) is 0. The van der Waals surface area contributed by atoms with Crippen LogP contribution in [0.5, 0.6) is 0 Å². The van der Waals surface area contributed by atoms with Gasteiger partial charge in [-0.3, -0.25) is 0 Å². The van der Waals surface area contributed by atoms with Gasteiger partial charge in [-0.1, -0.05) is 158 Å². The van der Waals surface area contributed by atoms with Crippen molar-refractivity contribution in [2.24, 2.45) is 0 Å². The van der Waals surface area contributed by atoms with Gasteiger partial charge in [0.25, 0.3) is 0 Å². The Balaban J connectivity index is 1.32. The molecule has 0 aliphatic rings. The summed E-state index contributed by atoms with van der Waals surface area (Å²) in [6.07, 6.45) is 0. The fourth-order valence-corrected chi connectivity index (χ4v) is 10.4. The molecule has 0 N–H and O–H groups in total. The van der Waals surface area contributed by atoms with Crippen molar-refractivity contribution in [2.75, 3.05) is 0 Å². The normalized spacial score (nSPS) is 12.0. The van der Waals surface area contributed by atoms with Crippen LogP contribution >= 0.6 is 0 Å². The molecule has 9 aromatic carbocycles. The van der Waals surface area contributed by atoms with Gasteiger partial charge in [-0.05, 0) is 57.6 Å². The average molecular weight is 759 g/mol. The first-order chi connectivity index (χ1) is 29.7. The lowest BCUT2D eigenvalue weighted by Crippen LogP contribution is -1.93. The molecule has 4 heterocycles. The van der Waals surface area contributed by atoms with Gasteiger partial charge < -0.3 is 8.80 Å². The van der Waals surface area contributed by atoms with E-state index in [1.165, 1.54) is 81.8 Å². The highest BCUT2D eigenvalue weighted by Gasteiger charge is 2.31. The van der Waals surface area contributed by atoms with E-state index in [4.69, 9.17) is 6.57 Å². The molecule has 13 aromatic rings. The molecule has 0 atom stereocenters. The number of hydrogen-bond acceptors (Lipinski definition) is 1. The second-order valence-corrected chi connectivity index (χ2v) is 15.8. The summed E-state index contributed by atoms with van der Waals surface area (Å²) in [5.74, 6) is 0. The molecule has 0 amide bonds. The van der Waals surface area contributed by atoms with E-state index in [9.17, 15) is 5.26 Å². The fourth-order valence-electron chi connectivity index (χ4n) is 10.4. The first kappa shape index (κ1) is 32.6. The lowest BCUT2D eigenvalue weighted by atomic mass is 9.88. The van der Waals surface area contributed by atoms with Crippen molar-refractivity contribution < 1.29 is 0 Å². The Morgan fingerprint density at radius 3 is 1.27 bits per heavy atom. The van der Waals surface area contributed by atoms with E-state index in [1.807, 2.05) is 24.3 Å². The highest BCUT2D eigenvalue weighted by molar-refractivity contribution is 6.39. The molecule has 0 saturated carbocycles. The van der Waals surface area contributed by atoms with Gasteiger partial charge in [0, 0.05) is 54.2 Å². The summed E-state index contributed by atoms with van der Waals surface area (Å²) >= 11 is 0. The minimum atomic E-state index is 0.635. The molecule has 60 heavy (non-hydrogen) atoms. The first-order valence-corrected chi connectivity index (χ1v) is 20.2. The highest BCUT2D eigenvalue weighted by atomic mass is 14.9. The molecule has 13 rings (SSSR count). The topological polar surface area (TPSA) is 37.0 Å². The van der Waals surface area contributed by atoms with Crippen molar-refractivity contribution in [2.45, 2.75) is 0 Å². The van der Waals surface area contributed by atoms with Gasteiger partial charge in [0.2, 0.25) is 0 Å². The summed E-state index contributed by atoms with van der Waals surface area (Å²) in [6, 6.07) is 67.1. The van der Waals surface area contributed by atoms with Crippen LogP contribution in [0.4, 0.5) is 5.69 Å². The maximum absolute atomic E-state index is 9.64. The Morgan fingerprint density at radius 1 is 0.383 bits per heavy atom. The molecule has 0 fully saturated rings. The Bertz CT molecular complexity index is 3710. The van der Waals surface area contributed by atoms with Crippen molar-refractivity contribution in [3.63, 3.8) is 0 Å². The smallest absolute Gasteiger partial charge is 0.187 e. The van der Waals surface area contributed by atoms with Crippen LogP contribution in [0.3, 0.4) is 0 Å². The number of aromatic nitrogens is 2. The summed E-state index contributed by atoms with van der Waals surface area (Å²) in [5, 5.41) is 19.3. The SMILES string of the molecule is [C-]#[N+]c1ccc(-c2ccc3c4c(-c5ccccc5)c5c(c(-c6ccccc6)c4n4c6ccccc6c2c34)c2ccc(-c3ccc(C#N)cc3)c3c4ccccc4n5c23)cc1. The quantitative estimate of drug-likeness (QED) is 0.165. The van der Waals surface area contributed by atoms with Crippen LogP contribution in [0.25, 0.3) is 126 Å². The van der Waals surface area contributed by atoms with E-state index < -0.39 is 0 Å². The number of nitrogens with zero attached hydrogens (tertiary/aromatic N) is 4. The summed E-state index contributed by atoms with van der Waals surface area (Å²) < 4.78 is 5.10. The van der Waals surface area contributed by atoms with Crippen molar-refractivity contribution >= 4 is 81.9 Å². The van der Waals surface area contributed by atoms with E-state index in [-0.39, 0.29) is 0 Å². The Hall–Kier alpha value is -8.44. The van der Waals surface area contributed by atoms with Crippen molar-refractivity contribution in [3.8, 4) is 50.6 Å². The average Bonchev–Trinajstić information content (AvgIpc) is 4.06. The third kappa shape index (κ3) is 4.16. The first-order valence-electron chi connectivity index (χ1n) is 20.2. The Morgan fingerprint density at radius 2 is 0.817 bits per heavy atom. The lowest BCUT2D eigenvalue weighted by Gasteiger charge is -2.16. The van der Waals surface area contributed by atoms with Gasteiger partial charge in [-0.25, -0.2) is 4.85 Å². The van der Waals surface area contributed by atoms with Gasteiger partial charge in [-0.2, -0.15) is 5.26 Å². The maximum Gasteiger partial charge on any atom is 0.187 e. The van der Waals surface area contributed by atoms with Gasteiger partial charge in [0.05, 0.1) is 51.3 Å². The second kappa shape index (κ2) is 12.0. The summed E-state index contributed by atoms with van der Waals surface area (Å²) in [5.41, 5.74) is 17.6. The molecule has 0 aliphatic carbocycles. The number of nitriles is 1. The van der Waals surface area contributed by atoms with Crippen LogP contribution in [0, 0.1) is 17.9 Å². The number of hydrogen-bond donors (Lipinski definition) is 0. The molecule has 4 heteroatoms. The zero-order valence-corrected chi connectivity index (χ0v) is 32.1. The van der Waals surface area contributed by atoms with E-state index in [1.54, 1.807) is 0 Å². The van der Waals surface area contributed by atoms with Gasteiger partial charge in [0.15, 0.2) is 5.69 Å². The predicted octanol–water partition coefficient (Wildman–Crippen LogP) is 15.1. The monoisotopic (exact) mass is 758 g/mol. The van der Waals surface area contributed by atoms with Crippen molar-refractivity contribution in [1.29, 1.82) is 5.26 Å². The Labute approximate surface area is 344 Å². The minimum absolute atomic E-state index is 0.635. The predicted molar refractivity (Wildman–Crippen MR) is 248 cm³/mol. The number of para-hydroxylation sites is 2. The van der Waals surface area contributed by atoms with Crippen LogP contribution in [0.1, 0.15) is 5.56 Å². The third-order valence-electron chi connectivity index (χ3n) is 12.8. The molecule has 0 radical (unpaired) electrons. The standard InChI is InChI=1S/C56H30N4/c1-58-38-26-24-35(25-27-38)40-29-31-44-52-48(37-14-6-3-7-15-37)55-51(47(36-12-4-2-5-13-36)56(52)60-46-19-11-9-17-42(46)50(40)54(44)60)43-30-28-39(34-22-20-33(32-57)21-23-34)49-41-16-8-10-18-45(41)59(55)53(43)49/h2-31H. The molecular formula is C56H30N4. The molecule has 0 unspecified atom stereocenters. The highest BCUT2D eigenvalue weighted by Crippen LogP contribution is 2.55. The number of rotatable bonds is 4. The van der Waals surface area contributed by atoms with Crippen LogP contribution < -0.4 is 0 Å². The van der Waals surface area contributed by atoms with Crippen molar-refractivity contribution in [3.05, 3.63) is 199 Å². The van der Waals surface area contributed by atoms with E-state index in [0.29, 0.717) is 11.3 Å². The molecular weight excluding hydrogens is 729 g/mol. The molecule has 0 aliphatic heterocycles. The van der Waals surface area contributed by atoms with Crippen LogP contribution in [-0.4, -0.2) is 8.80 Å². The molecule has 4 aromatic heterocycles. The van der Waals surface area contributed by atoms with Gasteiger partial charge >= 0.3 is 0 Å². The summed E-state index contributed by atoms with van der Waals surface area (Å²) in [6.45, 7) is 7.60. The second-order valence-electron chi connectivity index (χ2n) is 15.8. The van der Waals surface area contributed by atoms with E-state index in [0.717, 1.165) is 38.9 Å². The molecule has 0 saturated heterocycles. The van der Waals surface area contributed by atoms with E-state index >= 15 is 0 Å². The summed E-state index contributed by atoms with van der Waals surface area (Å²) in [4.78, 5) is 3.68. The van der Waals surface area contributed by atoms with Gasteiger partial charge in [0.1, 0.15) is 0 Å². The van der Waals surface area contributed by atoms with Crippen molar-refractivity contribution in [1.82, 2.24) is 8.80 Å². The zero-order valence-electron chi connectivity index (χ0n) is 32.1. The maximum atomic E-state index is 9.64. The lowest BCUT2D eigenvalue weighted by molar-refractivity contribution is 1.36. The largest absolute Gasteiger partial charge is 0.307 e. The number of fused-ring (bicyclic) bond motifs is 12. The molecule has 274 valence electrons. The van der Waals surface area contributed by atoms with E-state index in [2.05, 4.69) is 177 Å². The fraction of sp³-hybridized carbons (Fsp3) is 0. The van der Waals surface area contributed by atoms with Crippen LogP contribution in [0.15, 0.2) is 182 Å². The zero-order chi connectivity index (χ0) is 39.6. The molecule has 0 spiro atoms. The molecule has 4 nitrogen and oxygen atoms in total. The Kier molecular flexibility index (Phi) is 6.55. The van der Waals surface area contributed by atoms with Gasteiger partial charge in [-0.15, -0.1) is 0 Å².